The van der Waals surface area contributed by atoms with E-state index in [1.54, 1.807) is 12.4 Å². The van der Waals surface area contributed by atoms with Crippen molar-refractivity contribution in [3.8, 4) is 0 Å². The van der Waals surface area contributed by atoms with E-state index in [0.717, 1.165) is 24.3 Å². The van der Waals surface area contributed by atoms with E-state index >= 15 is 0 Å². The fraction of sp³-hybridized carbons (Fsp3) is 0.235. The van der Waals surface area contributed by atoms with Gasteiger partial charge in [-0.05, 0) is 43.2 Å². The van der Waals surface area contributed by atoms with Gasteiger partial charge >= 0.3 is 0 Å². The van der Waals surface area contributed by atoms with Crippen LogP contribution in [0.5, 0.6) is 0 Å². The van der Waals surface area contributed by atoms with Crippen LogP contribution in [-0.4, -0.2) is 33.9 Å². The summed E-state index contributed by atoms with van der Waals surface area (Å²) in [7, 11) is 0. The van der Waals surface area contributed by atoms with Crippen LogP contribution in [0.2, 0.25) is 0 Å². The summed E-state index contributed by atoms with van der Waals surface area (Å²) in [4.78, 5) is 25.9. The Morgan fingerprint density at radius 3 is 2.70 bits per heavy atom. The molecule has 2 aromatic heterocycles. The Labute approximate surface area is 133 Å². The van der Waals surface area contributed by atoms with Crippen LogP contribution in [0.4, 0.5) is 11.4 Å². The number of aromatic nitrogens is 3. The van der Waals surface area contributed by atoms with Gasteiger partial charge in [0.1, 0.15) is 0 Å². The third-order valence-corrected chi connectivity index (χ3v) is 4.13. The molecule has 0 atom stereocenters. The monoisotopic (exact) mass is 307 g/mol. The molecule has 1 aliphatic heterocycles. The van der Waals surface area contributed by atoms with Crippen LogP contribution in [0.1, 0.15) is 23.2 Å². The number of amides is 1. The number of carbonyl (C=O) groups excluding carboxylic acids is 1. The Morgan fingerprint density at radius 1 is 1.13 bits per heavy atom. The van der Waals surface area contributed by atoms with Crippen molar-refractivity contribution in [2.24, 2.45) is 0 Å². The van der Waals surface area contributed by atoms with Gasteiger partial charge in [-0.2, -0.15) is 0 Å². The fourth-order valence-corrected chi connectivity index (χ4v) is 2.89. The molecular weight excluding hydrogens is 290 g/mol. The zero-order chi connectivity index (χ0) is 15.6. The van der Waals surface area contributed by atoms with Crippen molar-refractivity contribution < 1.29 is 4.79 Å². The number of fused-ring (bicyclic) bond motifs is 1. The number of rotatable bonds is 3. The van der Waals surface area contributed by atoms with Gasteiger partial charge in [0, 0.05) is 30.7 Å². The minimum absolute atomic E-state index is 0.178. The fourth-order valence-electron chi connectivity index (χ4n) is 2.89. The maximum absolute atomic E-state index is 12.3. The molecule has 0 aliphatic carbocycles. The van der Waals surface area contributed by atoms with Crippen molar-refractivity contribution in [3.63, 3.8) is 0 Å². The quantitative estimate of drug-likeness (QED) is 0.780. The molecule has 0 spiro atoms. The maximum atomic E-state index is 12.3. The van der Waals surface area contributed by atoms with E-state index in [4.69, 9.17) is 0 Å². The molecule has 1 aromatic carbocycles. The summed E-state index contributed by atoms with van der Waals surface area (Å²) in [6.45, 7) is 2.23. The van der Waals surface area contributed by atoms with Crippen LogP contribution in [0.3, 0.4) is 0 Å². The lowest BCUT2D eigenvalue weighted by molar-refractivity contribution is 0.102. The molecule has 0 saturated carbocycles. The highest BCUT2D eigenvalue weighted by molar-refractivity contribution is 6.05. The predicted molar refractivity (Wildman–Crippen MR) is 89.7 cm³/mol. The van der Waals surface area contributed by atoms with E-state index in [-0.39, 0.29) is 5.91 Å². The van der Waals surface area contributed by atoms with Gasteiger partial charge in [-0.25, -0.2) is 9.97 Å². The molecule has 3 aromatic rings. The van der Waals surface area contributed by atoms with Crippen molar-refractivity contribution in [3.05, 3.63) is 48.4 Å². The molecule has 23 heavy (non-hydrogen) atoms. The molecule has 6 heteroatoms. The zero-order valence-corrected chi connectivity index (χ0v) is 12.6. The lowest BCUT2D eigenvalue weighted by Gasteiger charge is -2.17. The zero-order valence-electron chi connectivity index (χ0n) is 12.6. The number of benzene rings is 1. The Kier molecular flexibility index (Phi) is 3.42. The number of pyridine rings is 1. The van der Waals surface area contributed by atoms with Gasteiger partial charge in [-0.3, -0.25) is 4.79 Å². The van der Waals surface area contributed by atoms with E-state index in [2.05, 4.69) is 37.3 Å². The summed E-state index contributed by atoms with van der Waals surface area (Å²) < 4.78 is 0. The minimum Gasteiger partial charge on any atom is -0.372 e. The molecule has 4 rings (SSSR count). The molecule has 0 radical (unpaired) electrons. The van der Waals surface area contributed by atoms with Gasteiger partial charge in [0.2, 0.25) is 0 Å². The summed E-state index contributed by atoms with van der Waals surface area (Å²) >= 11 is 0. The Bertz CT molecular complexity index is 834. The van der Waals surface area contributed by atoms with E-state index in [1.807, 2.05) is 12.1 Å². The summed E-state index contributed by atoms with van der Waals surface area (Å²) in [6.07, 6.45) is 5.61. The molecule has 3 heterocycles. The predicted octanol–water partition coefficient (Wildman–Crippen LogP) is 2.81. The Hall–Kier alpha value is -2.89. The molecule has 0 unspecified atom stereocenters. The van der Waals surface area contributed by atoms with Crippen molar-refractivity contribution in [1.82, 2.24) is 15.0 Å². The summed E-state index contributed by atoms with van der Waals surface area (Å²) in [6, 6.07) is 9.74. The molecule has 116 valence electrons. The number of nitrogens with zero attached hydrogens (tertiary/aromatic N) is 3. The Balaban J connectivity index is 1.49. The van der Waals surface area contributed by atoms with E-state index in [9.17, 15) is 4.79 Å². The average molecular weight is 307 g/mol. The molecule has 1 fully saturated rings. The number of anilines is 2. The molecule has 6 nitrogen and oxygen atoms in total. The van der Waals surface area contributed by atoms with Crippen molar-refractivity contribution in [1.29, 1.82) is 0 Å². The third kappa shape index (κ3) is 2.75. The molecule has 1 amide bonds. The summed E-state index contributed by atoms with van der Waals surface area (Å²) in [5.74, 6) is -0.178. The highest BCUT2D eigenvalue weighted by atomic mass is 16.1. The second-order valence-corrected chi connectivity index (χ2v) is 5.69. The second kappa shape index (κ2) is 5.72. The first kappa shape index (κ1) is 13.8. The topological polar surface area (TPSA) is 73.9 Å². The van der Waals surface area contributed by atoms with Gasteiger partial charge < -0.3 is 15.2 Å². The first-order chi connectivity index (χ1) is 11.3. The van der Waals surface area contributed by atoms with Crippen LogP contribution in [0.15, 0.2) is 42.9 Å². The second-order valence-electron chi connectivity index (χ2n) is 5.69. The molecule has 1 aliphatic rings. The largest absolute Gasteiger partial charge is 0.372 e. The summed E-state index contributed by atoms with van der Waals surface area (Å²) in [5.41, 5.74) is 3.85. The van der Waals surface area contributed by atoms with Crippen LogP contribution in [0.25, 0.3) is 11.2 Å². The SMILES string of the molecule is O=C(Nc1ccc(N2CCCC2)cc1)c1cnc2nc[nH]c2c1. The van der Waals surface area contributed by atoms with E-state index in [0.29, 0.717) is 11.2 Å². The molecular formula is C17H17N5O. The minimum atomic E-state index is -0.178. The number of imidazole rings is 1. The Morgan fingerprint density at radius 2 is 1.91 bits per heavy atom. The van der Waals surface area contributed by atoms with Gasteiger partial charge in [-0.1, -0.05) is 0 Å². The van der Waals surface area contributed by atoms with Crippen LogP contribution >= 0.6 is 0 Å². The van der Waals surface area contributed by atoms with E-state index in [1.165, 1.54) is 24.7 Å². The van der Waals surface area contributed by atoms with Crippen LogP contribution in [0, 0.1) is 0 Å². The van der Waals surface area contributed by atoms with Crippen LogP contribution < -0.4 is 10.2 Å². The van der Waals surface area contributed by atoms with Gasteiger partial charge in [0.25, 0.3) is 5.91 Å². The standard InChI is InChI=1S/C17H17N5O/c23-17(12-9-15-16(18-10-12)20-11-19-15)21-13-3-5-14(6-4-13)22-7-1-2-8-22/h3-6,9-11H,1-2,7-8H2,(H,21,23)(H,18,19,20). The first-order valence-corrected chi connectivity index (χ1v) is 7.75. The number of H-pyrrole nitrogens is 1. The van der Waals surface area contributed by atoms with Crippen molar-refractivity contribution in [2.75, 3.05) is 23.3 Å². The first-order valence-electron chi connectivity index (χ1n) is 7.75. The highest BCUT2D eigenvalue weighted by Crippen LogP contribution is 2.22. The lowest BCUT2D eigenvalue weighted by Crippen LogP contribution is -2.17. The van der Waals surface area contributed by atoms with Crippen LogP contribution in [-0.2, 0) is 0 Å². The number of hydrogen-bond acceptors (Lipinski definition) is 4. The molecule has 2 N–H and O–H groups in total. The number of carbonyl (C=O) groups is 1. The van der Waals surface area contributed by atoms with Gasteiger partial charge in [0.05, 0.1) is 17.4 Å². The van der Waals surface area contributed by atoms with Gasteiger partial charge in [-0.15, -0.1) is 0 Å². The summed E-state index contributed by atoms with van der Waals surface area (Å²) in [5, 5.41) is 2.90. The van der Waals surface area contributed by atoms with Gasteiger partial charge in [0.15, 0.2) is 5.65 Å². The molecule has 0 bridgehead atoms. The van der Waals surface area contributed by atoms with E-state index < -0.39 is 0 Å². The highest BCUT2D eigenvalue weighted by Gasteiger charge is 2.13. The smallest absolute Gasteiger partial charge is 0.257 e. The van der Waals surface area contributed by atoms with Crippen molar-refractivity contribution >= 4 is 28.4 Å². The normalized spacial score (nSPS) is 14.3. The van der Waals surface area contributed by atoms with Crippen molar-refractivity contribution in [2.45, 2.75) is 12.8 Å². The molecule has 1 saturated heterocycles. The number of aromatic amines is 1. The maximum Gasteiger partial charge on any atom is 0.257 e. The number of hydrogen-bond donors (Lipinski definition) is 2. The lowest BCUT2D eigenvalue weighted by atomic mass is 10.2. The number of nitrogens with one attached hydrogen (secondary N) is 2. The average Bonchev–Trinajstić information content (AvgIpc) is 3.26. The third-order valence-electron chi connectivity index (χ3n) is 4.13.